The van der Waals surface area contributed by atoms with Crippen LogP contribution >= 0.6 is 23.2 Å². The molecule has 2 aromatic carbocycles. The molecule has 2 aliphatic rings. The quantitative estimate of drug-likeness (QED) is 0.543. The third kappa shape index (κ3) is 6.66. The Morgan fingerprint density at radius 1 is 1.09 bits per heavy atom. The number of ether oxygens (including phenoxy) is 3. The van der Waals surface area contributed by atoms with Crippen molar-refractivity contribution in [1.82, 2.24) is 9.80 Å². The van der Waals surface area contributed by atoms with E-state index in [-0.39, 0.29) is 29.8 Å². The number of hydrogen-bond donors (Lipinski definition) is 1. The molecule has 0 radical (unpaired) electrons. The highest BCUT2D eigenvalue weighted by Crippen LogP contribution is 2.25. The van der Waals surface area contributed by atoms with Gasteiger partial charge < -0.3 is 29.7 Å². The van der Waals surface area contributed by atoms with Crippen LogP contribution in [0.1, 0.15) is 12.8 Å². The highest BCUT2D eigenvalue weighted by Gasteiger charge is 2.37. The van der Waals surface area contributed by atoms with Crippen LogP contribution in [0.4, 0.5) is 9.18 Å². The summed E-state index contributed by atoms with van der Waals surface area (Å²) in [6, 6.07) is 11.4. The number of amides is 1. The van der Waals surface area contributed by atoms with Gasteiger partial charge in [-0.25, -0.2) is 9.18 Å². The molecule has 7 nitrogen and oxygen atoms in total. The average molecular weight is 512 g/mol. The zero-order chi connectivity index (χ0) is 24.1. The van der Waals surface area contributed by atoms with E-state index in [1.54, 1.807) is 23.1 Å². The normalized spacial score (nSPS) is 20.3. The molecule has 2 atom stereocenters. The maximum absolute atomic E-state index is 13.6. The molecule has 34 heavy (non-hydrogen) atoms. The molecule has 1 amide bonds. The van der Waals surface area contributed by atoms with Gasteiger partial charge >= 0.3 is 6.09 Å². The van der Waals surface area contributed by atoms with Crippen LogP contribution in [0.15, 0.2) is 42.5 Å². The Balaban J connectivity index is 1.17. The van der Waals surface area contributed by atoms with Crippen LogP contribution in [-0.4, -0.2) is 73.5 Å². The molecule has 2 unspecified atom stereocenters. The summed E-state index contributed by atoms with van der Waals surface area (Å²) in [7, 11) is 0. The SMILES string of the molecule is NC(COc1ccc(Cl)cc1)CN1CCC(N2CC(COc3ccc(Cl)c(F)c3)OC2=O)CC1. The van der Waals surface area contributed by atoms with Crippen molar-refractivity contribution < 1.29 is 23.4 Å². The van der Waals surface area contributed by atoms with Gasteiger partial charge in [0, 0.05) is 36.8 Å². The summed E-state index contributed by atoms with van der Waals surface area (Å²) in [5.74, 6) is 0.541. The van der Waals surface area contributed by atoms with Gasteiger partial charge in [0.1, 0.15) is 30.5 Å². The molecule has 10 heteroatoms. The molecule has 4 rings (SSSR count). The Bertz CT molecular complexity index is 973. The van der Waals surface area contributed by atoms with Crippen LogP contribution in [0.2, 0.25) is 10.0 Å². The van der Waals surface area contributed by atoms with E-state index in [0.717, 1.165) is 38.2 Å². The van der Waals surface area contributed by atoms with Crippen molar-refractivity contribution in [2.24, 2.45) is 5.73 Å². The van der Waals surface area contributed by atoms with Gasteiger partial charge in [-0.15, -0.1) is 0 Å². The Morgan fingerprint density at radius 2 is 1.79 bits per heavy atom. The molecule has 2 saturated heterocycles. The summed E-state index contributed by atoms with van der Waals surface area (Å²) in [5, 5.41) is 0.699. The fraction of sp³-hybridized carbons (Fsp3) is 0.458. The predicted octanol–water partition coefficient (Wildman–Crippen LogP) is 4.20. The number of hydrogen-bond acceptors (Lipinski definition) is 6. The molecule has 2 N–H and O–H groups in total. The highest BCUT2D eigenvalue weighted by molar-refractivity contribution is 6.30. The monoisotopic (exact) mass is 511 g/mol. The van der Waals surface area contributed by atoms with Crippen LogP contribution in [0.5, 0.6) is 11.5 Å². The summed E-state index contributed by atoms with van der Waals surface area (Å²) in [4.78, 5) is 16.5. The number of likely N-dealkylation sites (tertiary alicyclic amines) is 1. The van der Waals surface area contributed by atoms with Gasteiger partial charge in [0.05, 0.1) is 17.6 Å². The van der Waals surface area contributed by atoms with Crippen molar-refractivity contribution in [2.45, 2.75) is 31.0 Å². The van der Waals surface area contributed by atoms with Gasteiger partial charge in [-0.3, -0.25) is 0 Å². The number of nitrogens with two attached hydrogens (primary N) is 1. The minimum atomic E-state index is -0.549. The van der Waals surface area contributed by atoms with E-state index in [0.29, 0.717) is 23.9 Å². The summed E-state index contributed by atoms with van der Waals surface area (Å²) >= 11 is 11.6. The maximum atomic E-state index is 13.6. The topological polar surface area (TPSA) is 77.3 Å². The number of nitrogens with zero attached hydrogens (tertiary/aromatic N) is 2. The predicted molar refractivity (Wildman–Crippen MR) is 128 cm³/mol. The van der Waals surface area contributed by atoms with E-state index < -0.39 is 11.9 Å². The van der Waals surface area contributed by atoms with Crippen LogP contribution < -0.4 is 15.2 Å². The van der Waals surface area contributed by atoms with Gasteiger partial charge in [-0.05, 0) is 49.2 Å². The van der Waals surface area contributed by atoms with E-state index in [9.17, 15) is 9.18 Å². The fourth-order valence-corrected chi connectivity index (χ4v) is 4.46. The number of benzene rings is 2. The smallest absolute Gasteiger partial charge is 0.410 e. The van der Waals surface area contributed by atoms with Crippen molar-refractivity contribution in [3.05, 3.63) is 58.3 Å². The molecule has 184 valence electrons. The van der Waals surface area contributed by atoms with E-state index in [2.05, 4.69) is 4.90 Å². The summed E-state index contributed by atoms with van der Waals surface area (Å²) < 4.78 is 30.4. The lowest BCUT2D eigenvalue weighted by Crippen LogP contribution is -2.49. The zero-order valence-corrected chi connectivity index (χ0v) is 20.2. The molecule has 2 aliphatic heterocycles. The van der Waals surface area contributed by atoms with Crippen LogP contribution in [0, 0.1) is 5.82 Å². The average Bonchev–Trinajstić information content (AvgIpc) is 3.20. The lowest BCUT2D eigenvalue weighted by atomic mass is 10.0. The number of piperidine rings is 1. The summed E-state index contributed by atoms with van der Waals surface area (Å²) in [5.41, 5.74) is 6.26. The van der Waals surface area contributed by atoms with Gasteiger partial charge in [0.2, 0.25) is 0 Å². The Morgan fingerprint density at radius 3 is 2.50 bits per heavy atom. The van der Waals surface area contributed by atoms with Gasteiger partial charge in [0.15, 0.2) is 6.10 Å². The number of cyclic esters (lactones) is 1. The van der Waals surface area contributed by atoms with E-state index >= 15 is 0 Å². The summed E-state index contributed by atoms with van der Waals surface area (Å²) in [6.45, 7) is 3.43. The lowest BCUT2D eigenvalue weighted by Gasteiger charge is -2.36. The second-order valence-corrected chi connectivity index (χ2v) is 9.45. The third-order valence-electron chi connectivity index (χ3n) is 6.00. The molecule has 0 bridgehead atoms. The molecule has 0 aliphatic carbocycles. The largest absolute Gasteiger partial charge is 0.492 e. The lowest BCUT2D eigenvalue weighted by molar-refractivity contribution is 0.0964. The molecule has 2 fully saturated rings. The molecular weight excluding hydrogens is 484 g/mol. The maximum Gasteiger partial charge on any atom is 0.410 e. The first-order valence-corrected chi connectivity index (χ1v) is 12.0. The van der Waals surface area contributed by atoms with Crippen molar-refractivity contribution in [2.75, 3.05) is 39.4 Å². The van der Waals surface area contributed by atoms with E-state index in [1.165, 1.54) is 12.1 Å². The molecular formula is C24H28Cl2FN3O4. The molecule has 0 aromatic heterocycles. The Hall–Kier alpha value is -2.26. The third-order valence-corrected chi connectivity index (χ3v) is 6.56. The number of carbonyl (C=O) groups excluding carboxylic acids is 1. The first-order valence-electron chi connectivity index (χ1n) is 11.3. The zero-order valence-electron chi connectivity index (χ0n) is 18.7. The standard InChI is InChI=1S/C24H28Cl2FN3O4/c25-16-1-3-19(4-2-16)32-14-17(28)12-29-9-7-18(8-10-29)30-13-21(34-24(30)31)15-33-20-5-6-22(26)23(27)11-20/h1-6,11,17-18,21H,7-10,12-15,28H2. The van der Waals surface area contributed by atoms with Crippen molar-refractivity contribution >= 4 is 29.3 Å². The minimum Gasteiger partial charge on any atom is -0.492 e. The van der Waals surface area contributed by atoms with Crippen molar-refractivity contribution in [3.63, 3.8) is 0 Å². The van der Waals surface area contributed by atoms with Gasteiger partial charge in [-0.1, -0.05) is 23.2 Å². The van der Waals surface area contributed by atoms with Crippen LogP contribution in [-0.2, 0) is 4.74 Å². The highest BCUT2D eigenvalue weighted by atomic mass is 35.5. The molecule has 2 heterocycles. The molecule has 0 saturated carbocycles. The molecule has 0 spiro atoms. The second kappa shape index (κ2) is 11.4. The second-order valence-electron chi connectivity index (χ2n) is 8.60. The minimum absolute atomic E-state index is 0.0344. The number of rotatable bonds is 9. The van der Waals surface area contributed by atoms with Crippen molar-refractivity contribution in [1.29, 1.82) is 0 Å². The number of carbonyl (C=O) groups is 1. The first kappa shape index (κ1) is 24.9. The number of halogens is 3. The van der Waals surface area contributed by atoms with Crippen LogP contribution in [0.3, 0.4) is 0 Å². The molecule has 2 aromatic rings. The van der Waals surface area contributed by atoms with Crippen LogP contribution in [0.25, 0.3) is 0 Å². The van der Waals surface area contributed by atoms with Crippen molar-refractivity contribution in [3.8, 4) is 11.5 Å². The van der Waals surface area contributed by atoms with E-state index in [4.69, 9.17) is 43.1 Å². The Kier molecular flexibility index (Phi) is 8.37. The first-order chi connectivity index (χ1) is 16.4. The van der Waals surface area contributed by atoms with E-state index in [1.807, 2.05) is 12.1 Å². The summed E-state index contributed by atoms with van der Waals surface area (Å²) in [6.07, 6.45) is 0.955. The fourth-order valence-electron chi connectivity index (χ4n) is 4.21. The van der Waals surface area contributed by atoms with Gasteiger partial charge in [0.25, 0.3) is 0 Å². The Labute approximate surface area is 208 Å². The van der Waals surface area contributed by atoms with Gasteiger partial charge in [-0.2, -0.15) is 0 Å².